The molecule has 0 saturated heterocycles. The van der Waals surface area contributed by atoms with Crippen LogP contribution >= 0.6 is 0 Å². The molecule has 0 radical (unpaired) electrons. The number of nitrogens with one attached hydrogen (secondary N) is 2. The van der Waals surface area contributed by atoms with Gasteiger partial charge < -0.3 is 21.5 Å². The summed E-state index contributed by atoms with van der Waals surface area (Å²) in [4.78, 5) is 8.68. The highest BCUT2D eigenvalue weighted by Crippen LogP contribution is 2.40. The number of rotatable bonds is 4. The van der Waals surface area contributed by atoms with E-state index in [-0.39, 0.29) is 41.2 Å². The number of hydrogen-bond acceptors (Lipinski definition) is 9. The molecule has 0 spiro atoms. The normalized spacial score (nSPS) is 14.2. The number of nitrogens with zero attached hydrogens (tertiary/aromatic N) is 4. The summed E-state index contributed by atoms with van der Waals surface area (Å²) in [6, 6.07) is 11.4. The first-order valence-electron chi connectivity index (χ1n) is 9.56. The van der Waals surface area contributed by atoms with Crippen LogP contribution in [-0.4, -0.2) is 10.9 Å². The van der Waals surface area contributed by atoms with Crippen molar-refractivity contribution in [2.24, 2.45) is 4.99 Å². The van der Waals surface area contributed by atoms with Crippen molar-refractivity contribution in [1.29, 1.82) is 10.5 Å². The van der Waals surface area contributed by atoms with Crippen LogP contribution in [0, 0.1) is 34.4 Å². The number of aliphatic imine (C=N–C) groups is 1. The van der Waals surface area contributed by atoms with Crippen molar-refractivity contribution in [2.75, 3.05) is 16.8 Å². The molecule has 1 aliphatic heterocycles. The quantitative estimate of drug-likeness (QED) is 0.352. The SMILES string of the molecule is N#CNC1=NC(c2ccc(COc3ccc(F)cc3F)cc2)c2c(nc(N)c(C#N)c2N)N1. The van der Waals surface area contributed by atoms with E-state index in [0.717, 1.165) is 17.7 Å². The van der Waals surface area contributed by atoms with Gasteiger partial charge in [0.05, 0.1) is 5.69 Å². The van der Waals surface area contributed by atoms with Gasteiger partial charge in [-0.25, -0.2) is 18.8 Å². The van der Waals surface area contributed by atoms with Crippen LogP contribution in [-0.2, 0) is 6.61 Å². The zero-order valence-corrected chi connectivity index (χ0v) is 16.9. The Labute approximate surface area is 186 Å². The first-order valence-corrected chi connectivity index (χ1v) is 9.56. The molecule has 3 aromatic rings. The molecule has 1 aromatic heterocycles. The van der Waals surface area contributed by atoms with E-state index in [1.165, 1.54) is 6.07 Å². The van der Waals surface area contributed by atoms with E-state index in [9.17, 15) is 14.0 Å². The highest BCUT2D eigenvalue weighted by Gasteiger charge is 2.29. The maximum absolute atomic E-state index is 13.8. The minimum absolute atomic E-state index is 0.0405. The topological polar surface area (TPSA) is 158 Å². The Balaban J connectivity index is 1.64. The highest BCUT2D eigenvalue weighted by molar-refractivity contribution is 5.98. The van der Waals surface area contributed by atoms with Gasteiger partial charge in [0.2, 0.25) is 5.96 Å². The van der Waals surface area contributed by atoms with Gasteiger partial charge in [-0.05, 0) is 23.3 Å². The molecule has 1 unspecified atom stereocenters. The van der Waals surface area contributed by atoms with Crippen LogP contribution in [0.4, 0.5) is 26.1 Å². The molecule has 0 fully saturated rings. The fourth-order valence-electron chi connectivity index (χ4n) is 3.37. The highest BCUT2D eigenvalue weighted by atomic mass is 19.1. The van der Waals surface area contributed by atoms with Crippen molar-refractivity contribution in [3.63, 3.8) is 0 Å². The average molecular weight is 446 g/mol. The number of nitriles is 2. The molecule has 0 saturated carbocycles. The van der Waals surface area contributed by atoms with Gasteiger partial charge in [-0.2, -0.15) is 10.5 Å². The van der Waals surface area contributed by atoms with Crippen LogP contribution in [0.15, 0.2) is 47.5 Å². The molecule has 2 heterocycles. The number of hydrogen-bond donors (Lipinski definition) is 4. The third-order valence-electron chi connectivity index (χ3n) is 4.94. The monoisotopic (exact) mass is 446 g/mol. The van der Waals surface area contributed by atoms with Gasteiger partial charge in [-0.15, -0.1) is 0 Å². The Morgan fingerprint density at radius 1 is 1.12 bits per heavy atom. The largest absolute Gasteiger partial charge is 0.486 e. The van der Waals surface area contributed by atoms with Crippen molar-refractivity contribution < 1.29 is 13.5 Å². The van der Waals surface area contributed by atoms with Crippen LogP contribution in [0.2, 0.25) is 0 Å². The minimum atomic E-state index is -0.791. The summed E-state index contributed by atoms with van der Waals surface area (Å²) >= 11 is 0. The Bertz CT molecular complexity index is 1340. The van der Waals surface area contributed by atoms with Crippen LogP contribution in [0.25, 0.3) is 0 Å². The fraction of sp³-hybridized carbons (Fsp3) is 0.0909. The molecule has 0 bridgehead atoms. The lowest BCUT2D eigenvalue weighted by Gasteiger charge is -2.26. The van der Waals surface area contributed by atoms with E-state index in [1.807, 2.05) is 6.07 Å². The number of pyridine rings is 1. The van der Waals surface area contributed by atoms with E-state index in [2.05, 4.69) is 20.6 Å². The Morgan fingerprint density at radius 2 is 1.88 bits per heavy atom. The lowest BCUT2D eigenvalue weighted by Crippen LogP contribution is -2.32. The standard InChI is InChI=1S/C22H16F2N8O/c23-13-5-6-16(15(24)7-13)33-9-11-1-3-12(4-2-11)19-17-18(27)14(8-25)20(28)31-21(17)32-22(30-19)29-10-26/h1-7,19H,9H2,(H6,27,28,29,30,31,32). The number of benzene rings is 2. The molecular weight excluding hydrogens is 430 g/mol. The van der Waals surface area contributed by atoms with Crippen molar-refractivity contribution in [2.45, 2.75) is 12.6 Å². The van der Waals surface area contributed by atoms with Crippen molar-refractivity contribution in [3.05, 3.63) is 76.4 Å². The molecule has 1 aliphatic rings. The molecule has 33 heavy (non-hydrogen) atoms. The average Bonchev–Trinajstić information content (AvgIpc) is 2.79. The second-order valence-corrected chi connectivity index (χ2v) is 7.01. The van der Waals surface area contributed by atoms with Gasteiger partial charge in [-0.3, -0.25) is 5.32 Å². The zero-order chi connectivity index (χ0) is 23.5. The third kappa shape index (κ3) is 4.16. The van der Waals surface area contributed by atoms with Gasteiger partial charge in [-0.1, -0.05) is 24.3 Å². The lowest BCUT2D eigenvalue weighted by molar-refractivity contribution is 0.289. The first kappa shape index (κ1) is 21.3. The molecule has 0 aliphatic carbocycles. The van der Waals surface area contributed by atoms with Crippen LogP contribution in [0.5, 0.6) is 5.75 Å². The Hall–Kier alpha value is -4.90. The number of anilines is 3. The summed E-state index contributed by atoms with van der Waals surface area (Å²) in [6.45, 7) is 0.0506. The molecule has 11 heteroatoms. The number of halogens is 2. The Kier molecular flexibility index (Phi) is 5.62. The van der Waals surface area contributed by atoms with Gasteiger partial charge in [0, 0.05) is 11.6 Å². The van der Waals surface area contributed by atoms with Crippen molar-refractivity contribution in [3.8, 4) is 18.0 Å². The van der Waals surface area contributed by atoms with Gasteiger partial charge in [0.25, 0.3) is 0 Å². The van der Waals surface area contributed by atoms with Gasteiger partial charge in [0.1, 0.15) is 41.7 Å². The third-order valence-corrected chi connectivity index (χ3v) is 4.94. The number of nitrogen functional groups attached to an aromatic ring is 2. The Morgan fingerprint density at radius 3 is 2.55 bits per heavy atom. The van der Waals surface area contributed by atoms with Crippen molar-refractivity contribution in [1.82, 2.24) is 10.3 Å². The summed E-state index contributed by atoms with van der Waals surface area (Å²) in [5.41, 5.74) is 14.1. The number of guanidine groups is 1. The molecule has 6 N–H and O–H groups in total. The van der Waals surface area contributed by atoms with Crippen molar-refractivity contribution >= 4 is 23.3 Å². The predicted molar refractivity (Wildman–Crippen MR) is 117 cm³/mol. The molecule has 9 nitrogen and oxygen atoms in total. The predicted octanol–water partition coefficient (Wildman–Crippen LogP) is 2.92. The summed E-state index contributed by atoms with van der Waals surface area (Å²) in [6.07, 6.45) is 1.78. The van der Waals surface area contributed by atoms with Crippen LogP contribution in [0.3, 0.4) is 0 Å². The molecule has 2 aromatic carbocycles. The van der Waals surface area contributed by atoms with E-state index < -0.39 is 17.7 Å². The maximum atomic E-state index is 13.8. The number of aromatic nitrogens is 1. The number of ether oxygens (including phenoxy) is 1. The molecule has 164 valence electrons. The smallest absolute Gasteiger partial charge is 0.211 e. The molecule has 4 rings (SSSR count). The van der Waals surface area contributed by atoms with Gasteiger partial charge in [0.15, 0.2) is 17.8 Å². The lowest BCUT2D eigenvalue weighted by atomic mass is 9.94. The zero-order valence-electron chi connectivity index (χ0n) is 16.9. The van der Waals surface area contributed by atoms with Gasteiger partial charge >= 0.3 is 0 Å². The van der Waals surface area contributed by atoms with E-state index in [1.54, 1.807) is 30.5 Å². The molecule has 1 atom stereocenters. The number of fused-ring (bicyclic) bond motifs is 1. The maximum Gasteiger partial charge on any atom is 0.211 e. The van der Waals surface area contributed by atoms with Crippen LogP contribution < -0.4 is 26.8 Å². The van der Waals surface area contributed by atoms with Crippen LogP contribution in [0.1, 0.15) is 28.3 Å². The second kappa shape index (κ2) is 8.69. The summed E-state index contributed by atoms with van der Waals surface area (Å²) in [7, 11) is 0. The summed E-state index contributed by atoms with van der Waals surface area (Å²) in [5.74, 6) is -1.16. The molecule has 0 amide bonds. The van der Waals surface area contributed by atoms with E-state index >= 15 is 0 Å². The van der Waals surface area contributed by atoms with E-state index in [0.29, 0.717) is 11.1 Å². The molecular formula is C22H16F2N8O. The second-order valence-electron chi connectivity index (χ2n) is 7.01. The fourth-order valence-corrected chi connectivity index (χ4v) is 3.37. The minimum Gasteiger partial charge on any atom is -0.486 e. The summed E-state index contributed by atoms with van der Waals surface area (Å²) in [5, 5.41) is 23.6. The summed E-state index contributed by atoms with van der Waals surface area (Å²) < 4.78 is 32.2. The first-order chi connectivity index (χ1) is 15.9. The number of nitrogens with two attached hydrogens (primary N) is 2. The van der Waals surface area contributed by atoms with E-state index in [4.69, 9.17) is 21.5 Å².